The smallest absolute Gasteiger partial charge is 0.343 e. The number of hydrogen-bond acceptors (Lipinski definition) is 5. The monoisotopic (exact) mass is 601 g/mol. The molecule has 1 aliphatic rings. The highest BCUT2D eigenvalue weighted by molar-refractivity contribution is 5.99. The molecule has 1 heterocycles. The van der Waals surface area contributed by atoms with E-state index in [1.807, 2.05) is 20.8 Å². The van der Waals surface area contributed by atoms with Gasteiger partial charge in [0, 0.05) is 18.3 Å². The molecule has 0 unspecified atom stereocenters. The number of nitrogens with one attached hydrogen (secondary N) is 2. The first-order valence-electron chi connectivity index (χ1n) is 14.3. The van der Waals surface area contributed by atoms with Crippen LogP contribution in [0.3, 0.4) is 0 Å². The van der Waals surface area contributed by atoms with Crippen molar-refractivity contribution in [3.05, 3.63) is 48.0 Å². The summed E-state index contributed by atoms with van der Waals surface area (Å²) in [4.78, 5) is 42.6. The lowest BCUT2D eigenvalue weighted by Gasteiger charge is -2.32. The third-order valence-electron chi connectivity index (χ3n) is 8.03. The lowest BCUT2D eigenvalue weighted by molar-refractivity contribution is -0.155. The van der Waals surface area contributed by atoms with Crippen LogP contribution in [0, 0.1) is 17.3 Å². The predicted octanol–water partition coefficient (Wildman–Crippen LogP) is 5.77. The van der Waals surface area contributed by atoms with Crippen LogP contribution in [-0.2, 0) is 27.6 Å². The van der Waals surface area contributed by atoms with Crippen LogP contribution < -0.4 is 10.6 Å². The fourth-order valence-electron chi connectivity index (χ4n) is 5.68. The molecule has 3 N–H and O–H groups in total. The number of imidazole rings is 1. The van der Waals surface area contributed by atoms with Crippen LogP contribution in [0.25, 0.3) is 22.4 Å². The Balaban J connectivity index is 1.52. The van der Waals surface area contributed by atoms with Crippen molar-refractivity contribution in [1.82, 2.24) is 19.9 Å². The maximum Gasteiger partial charge on any atom is 0.416 e. The van der Waals surface area contributed by atoms with Crippen LogP contribution in [0.4, 0.5) is 18.9 Å². The number of halogens is 3. The van der Waals surface area contributed by atoms with E-state index in [9.17, 15) is 32.8 Å². The summed E-state index contributed by atoms with van der Waals surface area (Å²) < 4.78 is 40.8. The van der Waals surface area contributed by atoms with E-state index in [-0.39, 0.29) is 13.0 Å². The van der Waals surface area contributed by atoms with E-state index in [1.165, 1.54) is 12.1 Å². The number of hydroxylamine groups is 2. The second-order valence-corrected chi connectivity index (χ2v) is 12.4. The molecular weight excluding hydrogens is 563 g/mol. The number of amides is 3. The molecule has 1 saturated carbocycles. The number of hydrogen-bond donors (Lipinski definition) is 3. The highest BCUT2D eigenvalue weighted by Gasteiger charge is 2.36. The van der Waals surface area contributed by atoms with Crippen LogP contribution in [0.5, 0.6) is 0 Å². The molecule has 0 spiro atoms. The molecule has 1 aromatic heterocycles. The number of aryl methyl sites for hydroxylation is 1. The Hall–Kier alpha value is -3.93. The van der Waals surface area contributed by atoms with E-state index in [1.54, 1.807) is 29.8 Å². The van der Waals surface area contributed by atoms with Crippen LogP contribution >= 0.6 is 0 Å². The summed E-state index contributed by atoms with van der Waals surface area (Å²) in [5, 5.41) is 16.0. The minimum absolute atomic E-state index is 0.165. The highest BCUT2D eigenvalue weighted by Crippen LogP contribution is 2.33. The number of carbonyl (C=O) groups excluding carboxylic acids is 3. The maximum atomic E-state index is 13.5. The third-order valence-corrected chi connectivity index (χ3v) is 8.03. The van der Waals surface area contributed by atoms with Gasteiger partial charge in [-0.2, -0.15) is 13.2 Å². The fraction of sp³-hybridized carbons (Fsp3) is 0.484. The second kappa shape index (κ2) is 12.7. The molecule has 3 amide bonds. The van der Waals surface area contributed by atoms with Crippen molar-refractivity contribution >= 4 is 34.9 Å². The van der Waals surface area contributed by atoms with Crippen molar-refractivity contribution in [2.75, 3.05) is 11.9 Å². The van der Waals surface area contributed by atoms with Crippen molar-refractivity contribution in [2.24, 2.45) is 24.3 Å². The first-order chi connectivity index (χ1) is 20.2. The molecule has 232 valence electrons. The van der Waals surface area contributed by atoms with Crippen molar-refractivity contribution in [1.29, 1.82) is 0 Å². The normalized spacial score (nSPS) is 15.7. The molecule has 1 aliphatic carbocycles. The Morgan fingerprint density at radius 1 is 1.09 bits per heavy atom. The van der Waals surface area contributed by atoms with Gasteiger partial charge >= 0.3 is 6.18 Å². The van der Waals surface area contributed by atoms with Gasteiger partial charge in [0.1, 0.15) is 11.9 Å². The number of alkyl halides is 3. The third kappa shape index (κ3) is 7.73. The lowest BCUT2D eigenvalue weighted by atomic mass is 9.85. The van der Waals surface area contributed by atoms with Crippen LogP contribution in [0.2, 0.25) is 0 Å². The summed E-state index contributed by atoms with van der Waals surface area (Å²) in [5.74, 6) is -0.757. The number of nitrogens with zero attached hydrogens (tertiary/aromatic N) is 3. The molecule has 0 bridgehead atoms. The number of benzene rings is 2. The zero-order valence-corrected chi connectivity index (χ0v) is 24.7. The lowest BCUT2D eigenvalue weighted by Crippen LogP contribution is -2.54. The summed E-state index contributed by atoms with van der Waals surface area (Å²) in [6, 6.07) is 8.94. The molecule has 3 aromatic rings. The van der Waals surface area contributed by atoms with Gasteiger partial charge in [-0.05, 0) is 48.1 Å². The van der Waals surface area contributed by atoms with Gasteiger partial charge < -0.3 is 15.2 Å². The van der Waals surface area contributed by atoms with Crippen molar-refractivity contribution in [3.63, 3.8) is 0 Å². The van der Waals surface area contributed by atoms with Gasteiger partial charge in [-0.25, -0.2) is 10.0 Å². The molecule has 9 nitrogen and oxygen atoms in total. The summed E-state index contributed by atoms with van der Waals surface area (Å²) in [5.41, 5.74) is 0.764. The average Bonchev–Trinajstić information content (AvgIpc) is 3.57. The van der Waals surface area contributed by atoms with Crippen LogP contribution in [-0.4, -0.2) is 50.6 Å². The quantitative estimate of drug-likeness (QED) is 0.155. The van der Waals surface area contributed by atoms with Crippen molar-refractivity contribution in [3.8, 4) is 11.4 Å². The molecule has 0 radical (unpaired) electrons. The number of anilines is 1. The molecule has 1 fully saturated rings. The van der Waals surface area contributed by atoms with E-state index in [2.05, 4.69) is 15.6 Å². The van der Waals surface area contributed by atoms with Gasteiger partial charge in [0.25, 0.3) is 0 Å². The molecule has 2 atom stereocenters. The zero-order valence-electron chi connectivity index (χ0n) is 24.7. The van der Waals surface area contributed by atoms with E-state index in [0.717, 1.165) is 37.8 Å². The predicted molar refractivity (Wildman–Crippen MR) is 156 cm³/mol. The first kappa shape index (κ1) is 32.0. The van der Waals surface area contributed by atoms with E-state index in [0.29, 0.717) is 45.5 Å². The van der Waals surface area contributed by atoms with Crippen LogP contribution in [0.1, 0.15) is 58.4 Å². The molecule has 12 heteroatoms. The topological polar surface area (TPSA) is 117 Å². The van der Waals surface area contributed by atoms with Crippen molar-refractivity contribution in [2.45, 2.75) is 65.1 Å². The van der Waals surface area contributed by atoms with Gasteiger partial charge in [0.15, 0.2) is 0 Å². The number of rotatable bonds is 10. The van der Waals surface area contributed by atoms with Gasteiger partial charge in [-0.1, -0.05) is 58.6 Å². The van der Waals surface area contributed by atoms with Gasteiger partial charge in [-0.3, -0.25) is 19.6 Å². The maximum absolute atomic E-state index is 13.5. The van der Waals surface area contributed by atoms with Gasteiger partial charge in [0.2, 0.25) is 18.2 Å². The number of carbonyl (C=O) groups is 3. The molecule has 4 rings (SSSR count). The molecule has 0 saturated heterocycles. The SMILES string of the molecule is Cn1c(-c2ccc(C(F)(F)F)cc2)nc2cc(NC(=O)[C@@H](NC(=O)[C@H](CC3CCCC3)CN(O)C=O)C(C)(C)C)ccc21. The summed E-state index contributed by atoms with van der Waals surface area (Å²) >= 11 is 0. The summed E-state index contributed by atoms with van der Waals surface area (Å²) in [6.07, 6.45) is 0.455. The minimum Gasteiger partial charge on any atom is -0.343 e. The van der Waals surface area contributed by atoms with Gasteiger partial charge in [-0.15, -0.1) is 0 Å². The fourth-order valence-corrected chi connectivity index (χ4v) is 5.68. The van der Waals surface area contributed by atoms with Crippen molar-refractivity contribution < 1.29 is 32.8 Å². The minimum atomic E-state index is -4.44. The molecular formula is C31H38F3N5O4. The standard InChI is InChI=1S/C31H38F3N5O4/c1-30(2,3)26(37-28(41)21(17-39(43)18-40)15-19-7-5-6-8-19)29(42)35-23-13-14-25-24(16-23)36-27(38(25)4)20-9-11-22(12-10-20)31(32,33)34/h9-14,16,18-19,21,26,43H,5-8,15,17H2,1-4H3,(H,35,42)(H,37,41)/t21-,26-/m1/s1. The first-order valence-corrected chi connectivity index (χ1v) is 14.3. The van der Waals surface area contributed by atoms with Gasteiger partial charge in [0.05, 0.1) is 29.1 Å². The average molecular weight is 602 g/mol. The number of aromatic nitrogens is 2. The summed E-state index contributed by atoms with van der Waals surface area (Å²) in [7, 11) is 1.76. The Morgan fingerprint density at radius 3 is 2.33 bits per heavy atom. The van der Waals surface area contributed by atoms with Crippen LogP contribution in [0.15, 0.2) is 42.5 Å². The molecule has 43 heavy (non-hydrogen) atoms. The Labute approximate surface area is 248 Å². The Kier molecular flexibility index (Phi) is 9.48. The number of fused-ring (bicyclic) bond motifs is 1. The molecule has 2 aromatic carbocycles. The summed E-state index contributed by atoms with van der Waals surface area (Å²) in [6.45, 7) is 5.31. The Morgan fingerprint density at radius 2 is 1.74 bits per heavy atom. The highest BCUT2D eigenvalue weighted by atomic mass is 19.4. The largest absolute Gasteiger partial charge is 0.416 e. The van der Waals surface area contributed by atoms with E-state index >= 15 is 0 Å². The second-order valence-electron chi connectivity index (χ2n) is 12.4. The van der Waals surface area contributed by atoms with E-state index in [4.69, 9.17) is 0 Å². The Bertz CT molecular complexity index is 1460. The zero-order chi connectivity index (χ0) is 31.5. The molecule has 0 aliphatic heterocycles. The van der Waals surface area contributed by atoms with E-state index < -0.39 is 40.9 Å².